The largest absolute Gasteiger partial charge is 0.496 e. The predicted molar refractivity (Wildman–Crippen MR) is 77.4 cm³/mol. The summed E-state index contributed by atoms with van der Waals surface area (Å²) < 4.78 is 10.5. The number of alkyl halides is 1. The van der Waals surface area contributed by atoms with E-state index < -0.39 is 0 Å². The zero-order valence-corrected chi connectivity index (χ0v) is 12.7. The number of ether oxygens (including phenoxy) is 2. The molecule has 1 aromatic carbocycles. The smallest absolute Gasteiger partial charge is 0.259 e. The molecular weight excluding hydrogens is 310 g/mol. The Hall–Kier alpha value is -1.23. The predicted octanol–water partition coefficient (Wildman–Crippen LogP) is 2.75. The quantitative estimate of drug-likeness (QED) is 0.846. The molecule has 1 aliphatic rings. The number of amides is 1. The number of benzene rings is 1. The van der Waals surface area contributed by atoms with E-state index in [4.69, 9.17) is 9.47 Å². The summed E-state index contributed by atoms with van der Waals surface area (Å²) in [7, 11) is 3.10. The van der Waals surface area contributed by atoms with Crippen LogP contribution in [-0.4, -0.2) is 31.0 Å². The maximum atomic E-state index is 12.5. The van der Waals surface area contributed by atoms with Gasteiger partial charge in [0.25, 0.3) is 5.91 Å². The Labute approximate surface area is 121 Å². The van der Waals surface area contributed by atoms with Crippen molar-refractivity contribution in [3.8, 4) is 11.5 Å². The number of carbonyl (C=O) groups is 1. The Balaban J connectivity index is 2.27. The van der Waals surface area contributed by atoms with Gasteiger partial charge in [0.15, 0.2) is 0 Å². The van der Waals surface area contributed by atoms with Crippen molar-refractivity contribution in [2.75, 3.05) is 19.5 Å². The average Bonchev–Trinajstić information content (AvgIpc) is 2.41. The highest BCUT2D eigenvalue weighted by Crippen LogP contribution is 2.35. The Morgan fingerprint density at radius 1 is 1.32 bits per heavy atom. The van der Waals surface area contributed by atoms with Gasteiger partial charge in [-0.15, -0.1) is 0 Å². The molecule has 2 rings (SSSR count). The second kappa shape index (κ2) is 5.82. The third-order valence-electron chi connectivity index (χ3n) is 3.60. The van der Waals surface area contributed by atoms with Gasteiger partial charge >= 0.3 is 0 Å². The molecule has 1 aromatic rings. The van der Waals surface area contributed by atoms with Crippen molar-refractivity contribution < 1.29 is 14.3 Å². The fourth-order valence-corrected chi connectivity index (χ4v) is 2.97. The standard InChI is InChI=1S/C14H18BrNO3/c1-18-10-5-3-6-11(19-2)12(10)13(17)16-14(9-15)7-4-8-14/h3,5-6H,4,7-9H2,1-2H3,(H,16,17). The van der Waals surface area contributed by atoms with Crippen LogP contribution in [0.15, 0.2) is 18.2 Å². The number of rotatable bonds is 5. The van der Waals surface area contributed by atoms with E-state index in [1.54, 1.807) is 32.4 Å². The van der Waals surface area contributed by atoms with Crippen LogP contribution in [0.4, 0.5) is 0 Å². The highest BCUT2D eigenvalue weighted by Gasteiger charge is 2.38. The summed E-state index contributed by atoms with van der Waals surface area (Å²) >= 11 is 3.48. The van der Waals surface area contributed by atoms with Crippen LogP contribution in [0.1, 0.15) is 29.6 Å². The number of carbonyl (C=O) groups excluding carboxylic acids is 1. The monoisotopic (exact) mass is 327 g/mol. The first-order valence-electron chi connectivity index (χ1n) is 6.25. The molecule has 5 heteroatoms. The molecule has 19 heavy (non-hydrogen) atoms. The zero-order chi connectivity index (χ0) is 13.9. The highest BCUT2D eigenvalue weighted by molar-refractivity contribution is 9.09. The van der Waals surface area contributed by atoms with E-state index in [-0.39, 0.29) is 11.4 Å². The summed E-state index contributed by atoms with van der Waals surface area (Å²) in [6.07, 6.45) is 3.15. The molecular formula is C14H18BrNO3. The zero-order valence-electron chi connectivity index (χ0n) is 11.2. The SMILES string of the molecule is COc1cccc(OC)c1C(=O)NC1(CBr)CCC1. The minimum absolute atomic E-state index is 0.122. The number of nitrogens with one attached hydrogen (secondary N) is 1. The van der Waals surface area contributed by atoms with Gasteiger partial charge < -0.3 is 14.8 Å². The van der Waals surface area contributed by atoms with Crippen molar-refractivity contribution in [1.29, 1.82) is 0 Å². The van der Waals surface area contributed by atoms with Gasteiger partial charge in [0.05, 0.1) is 19.8 Å². The van der Waals surface area contributed by atoms with Gasteiger partial charge in [0.2, 0.25) is 0 Å². The molecule has 0 radical (unpaired) electrons. The molecule has 0 spiro atoms. The van der Waals surface area contributed by atoms with Gasteiger partial charge in [0, 0.05) is 5.33 Å². The minimum atomic E-state index is -0.145. The van der Waals surface area contributed by atoms with Crippen LogP contribution in [0.2, 0.25) is 0 Å². The van der Waals surface area contributed by atoms with Gasteiger partial charge in [-0.25, -0.2) is 0 Å². The van der Waals surface area contributed by atoms with Crippen molar-refractivity contribution in [1.82, 2.24) is 5.32 Å². The average molecular weight is 328 g/mol. The maximum Gasteiger partial charge on any atom is 0.259 e. The first-order chi connectivity index (χ1) is 9.15. The summed E-state index contributed by atoms with van der Waals surface area (Å²) in [6, 6.07) is 5.33. The summed E-state index contributed by atoms with van der Waals surface area (Å²) in [5, 5.41) is 3.87. The highest BCUT2D eigenvalue weighted by atomic mass is 79.9. The van der Waals surface area contributed by atoms with E-state index in [2.05, 4.69) is 21.2 Å². The van der Waals surface area contributed by atoms with Gasteiger partial charge in [-0.2, -0.15) is 0 Å². The second-order valence-electron chi connectivity index (χ2n) is 4.76. The van der Waals surface area contributed by atoms with E-state index in [1.165, 1.54) is 0 Å². The van der Waals surface area contributed by atoms with Crippen molar-refractivity contribution in [2.24, 2.45) is 0 Å². The molecule has 0 unspecified atom stereocenters. The molecule has 4 nitrogen and oxygen atoms in total. The lowest BCUT2D eigenvalue weighted by atomic mass is 9.78. The molecule has 0 saturated heterocycles. The lowest BCUT2D eigenvalue weighted by Gasteiger charge is -2.41. The Bertz CT molecular complexity index is 444. The summed E-state index contributed by atoms with van der Waals surface area (Å²) in [5.74, 6) is 0.912. The van der Waals surface area contributed by atoms with Crippen LogP contribution in [0, 0.1) is 0 Å². The van der Waals surface area contributed by atoms with Gasteiger partial charge in [-0.05, 0) is 31.4 Å². The molecule has 1 amide bonds. The van der Waals surface area contributed by atoms with E-state index in [0.29, 0.717) is 17.1 Å². The molecule has 1 saturated carbocycles. The molecule has 1 fully saturated rings. The maximum absolute atomic E-state index is 12.5. The van der Waals surface area contributed by atoms with Crippen LogP contribution >= 0.6 is 15.9 Å². The third kappa shape index (κ3) is 2.71. The normalized spacial score (nSPS) is 16.4. The lowest BCUT2D eigenvalue weighted by Crippen LogP contribution is -2.54. The molecule has 1 N–H and O–H groups in total. The Morgan fingerprint density at radius 2 is 1.89 bits per heavy atom. The number of hydrogen-bond acceptors (Lipinski definition) is 3. The first kappa shape index (κ1) is 14.2. The molecule has 104 valence electrons. The summed E-state index contributed by atoms with van der Waals surface area (Å²) in [5.41, 5.74) is 0.336. The summed E-state index contributed by atoms with van der Waals surface area (Å²) in [6.45, 7) is 0. The van der Waals surface area contributed by atoms with Crippen molar-refractivity contribution in [3.05, 3.63) is 23.8 Å². The second-order valence-corrected chi connectivity index (χ2v) is 5.32. The fourth-order valence-electron chi connectivity index (χ4n) is 2.27. The molecule has 0 atom stereocenters. The van der Waals surface area contributed by atoms with Crippen molar-refractivity contribution in [3.63, 3.8) is 0 Å². The molecule has 0 bridgehead atoms. The number of hydrogen-bond donors (Lipinski definition) is 1. The van der Waals surface area contributed by atoms with Crippen LogP contribution < -0.4 is 14.8 Å². The van der Waals surface area contributed by atoms with Gasteiger partial charge in [0.1, 0.15) is 17.1 Å². The van der Waals surface area contributed by atoms with Crippen LogP contribution in [0.3, 0.4) is 0 Å². The van der Waals surface area contributed by atoms with Crippen LogP contribution in [0.25, 0.3) is 0 Å². The topological polar surface area (TPSA) is 47.6 Å². The Morgan fingerprint density at radius 3 is 2.26 bits per heavy atom. The van der Waals surface area contributed by atoms with Crippen molar-refractivity contribution >= 4 is 21.8 Å². The van der Waals surface area contributed by atoms with E-state index in [1.807, 2.05) is 0 Å². The molecule has 1 aliphatic carbocycles. The lowest BCUT2D eigenvalue weighted by molar-refractivity contribution is 0.0850. The minimum Gasteiger partial charge on any atom is -0.496 e. The van der Waals surface area contributed by atoms with Crippen molar-refractivity contribution in [2.45, 2.75) is 24.8 Å². The Kier molecular flexibility index (Phi) is 4.34. The van der Waals surface area contributed by atoms with Crippen LogP contribution in [-0.2, 0) is 0 Å². The number of halogens is 1. The fraction of sp³-hybridized carbons (Fsp3) is 0.500. The van der Waals surface area contributed by atoms with E-state index >= 15 is 0 Å². The first-order valence-corrected chi connectivity index (χ1v) is 7.37. The van der Waals surface area contributed by atoms with E-state index in [9.17, 15) is 4.79 Å². The van der Waals surface area contributed by atoms with E-state index in [0.717, 1.165) is 24.6 Å². The van der Waals surface area contributed by atoms with Gasteiger partial charge in [-0.3, -0.25) is 4.79 Å². The molecule has 0 aromatic heterocycles. The van der Waals surface area contributed by atoms with Gasteiger partial charge in [-0.1, -0.05) is 22.0 Å². The molecule has 0 heterocycles. The van der Waals surface area contributed by atoms with Crippen LogP contribution in [0.5, 0.6) is 11.5 Å². The summed E-state index contributed by atoms with van der Waals surface area (Å²) in [4.78, 5) is 12.5. The number of methoxy groups -OCH3 is 2. The third-order valence-corrected chi connectivity index (χ3v) is 4.67. The molecule has 0 aliphatic heterocycles.